The van der Waals surface area contributed by atoms with E-state index in [1.807, 2.05) is 31.2 Å². The van der Waals surface area contributed by atoms with E-state index in [9.17, 15) is 9.59 Å². The molecular formula is C15H20N2O3. The van der Waals surface area contributed by atoms with Gasteiger partial charge in [0.1, 0.15) is 0 Å². The third-order valence-corrected chi connectivity index (χ3v) is 3.32. The van der Waals surface area contributed by atoms with Crippen LogP contribution in [0.1, 0.15) is 25.3 Å². The molecule has 2 rings (SSSR count). The Balaban J connectivity index is 2.11. The van der Waals surface area contributed by atoms with Crippen LogP contribution in [0.15, 0.2) is 24.3 Å². The Labute approximate surface area is 118 Å². The van der Waals surface area contributed by atoms with Crippen LogP contribution < -0.4 is 5.32 Å². The lowest BCUT2D eigenvalue weighted by Crippen LogP contribution is -2.29. The minimum absolute atomic E-state index is 0.0882. The number of likely N-dealkylation sites (tertiary alicyclic amines) is 1. The zero-order chi connectivity index (χ0) is 14.5. The molecule has 20 heavy (non-hydrogen) atoms. The van der Waals surface area contributed by atoms with Crippen molar-refractivity contribution in [1.82, 2.24) is 4.90 Å². The van der Waals surface area contributed by atoms with Crippen molar-refractivity contribution in [3.8, 4) is 0 Å². The molecule has 0 aliphatic carbocycles. The first-order valence-electron chi connectivity index (χ1n) is 6.78. The van der Waals surface area contributed by atoms with Gasteiger partial charge in [0.05, 0.1) is 13.2 Å². The van der Waals surface area contributed by atoms with Crippen LogP contribution in [-0.4, -0.2) is 36.5 Å². The molecule has 0 spiro atoms. The summed E-state index contributed by atoms with van der Waals surface area (Å²) in [6.07, 6.45) is 0.656. The lowest BCUT2D eigenvalue weighted by atomic mass is 10.1. The average Bonchev–Trinajstić information content (AvgIpc) is 2.73. The molecule has 0 aromatic heterocycles. The molecule has 1 atom stereocenters. The molecular weight excluding hydrogens is 256 g/mol. The van der Waals surface area contributed by atoms with Gasteiger partial charge in [-0.15, -0.1) is 0 Å². The van der Waals surface area contributed by atoms with Crippen LogP contribution in [0.2, 0.25) is 0 Å². The van der Waals surface area contributed by atoms with Crippen molar-refractivity contribution in [2.45, 2.75) is 32.4 Å². The fourth-order valence-electron chi connectivity index (χ4n) is 2.33. The van der Waals surface area contributed by atoms with E-state index in [0.29, 0.717) is 26.0 Å². The Morgan fingerprint density at radius 1 is 1.25 bits per heavy atom. The van der Waals surface area contributed by atoms with E-state index in [4.69, 9.17) is 4.74 Å². The molecule has 0 saturated carbocycles. The number of hydrogen-bond donors (Lipinski definition) is 1. The maximum atomic E-state index is 11.7. The molecule has 1 saturated heterocycles. The number of anilines is 1. The summed E-state index contributed by atoms with van der Waals surface area (Å²) in [6.45, 7) is 2.95. The van der Waals surface area contributed by atoms with Gasteiger partial charge in [0.2, 0.25) is 11.8 Å². The van der Waals surface area contributed by atoms with Crippen LogP contribution >= 0.6 is 0 Å². The summed E-state index contributed by atoms with van der Waals surface area (Å²) in [6, 6.07) is 7.88. The lowest BCUT2D eigenvalue weighted by Gasteiger charge is -2.20. The number of imide groups is 1. The highest BCUT2D eigenvalue weighted by Crippen LogP contribution is 2.22. The summed E-state index contributed by atoms with van der Waals surface area (Å²) in [7, 11) is 1.66. The minimum atomic E-state index is -0.0882. The second kappa shape index (κ2) is 6.52. The number of benzene rings is 1. The van der Waals surface area contributed by atoms with Crippen molar-refractivity contribution in [2.75, 3.05) is 19.0 Å². The Kier molecular flexibility index (Phi) is 4.74. The van der Waals surface area contributed by atoms with Gasteiger partial charge < -0.3 is 10.1 Å². The standard InChI is InChI=1S/C15H20N2O3/c1-11(10-20-2)16-13-6-4-3-5-12(13)9-17-14(18)7-8-15(17)19/h3-6,11,16H,7-10H2,1-2H3/t11-/m1/s1. The molecule has 1 aromatic rings. The van der Waals surface area contributed by atoms with Gasteiger partial charge in [0.15, 0.2) is 0 Å². The fraction of sp³-hybridized carbons (Fsp3) is 0.467. The van der Waals surface area contributed by atoms with Gasteiger partial charge in [-0.25, -0.2) is 0 Å². The third-order valence-electron chi connectivity index (χ3n) is 3.32. The molecule has 1 N–H and O–H groups in total. The van der Waals surface area contributed by atoms with Gasteiger partial charge in [-0.3, -0.25) is 14.5 Å². The molecule has 1 aliphatic heterocycles. The van der Waals surface area contributed by atoms with Crippen molar-refractivity contribution in [2.24, 2.45) is 0 Å². The van der Waals surface area contributed by atoms with Crippen LogP contribution in [0, 0.1) is 0 Å². The topological polar surface area (TPSA) is 58.6 Å². The number of methoxy groups -OCH3 is 1. The molecule has 1 aliphatic rings. The molecule has 1 heterocycles. The second-order valence-electron chi connectivity index (χ2n) is 5.03. The number of carbonyl (C=O) groups excluding carboxylic acids is 2. The predicted octanol–water partition coefficient (Wildman–Crippen LogP) is 1.78. The van der Waals surface area contributed by atoms with Crippen LogP contribution in [0.4, 0.5) is 5.69 Å². The van der Waals surface area contributed by atoms with E-state index in [0.717, 1.165) is 11.3 Å². The number of ether oxygens (including phenoxy) is 1. The van der Waals surface area contributed by atoms with Crippen molar-refractivity contribution >= 4 is 17.5 Å². The first kappa shape index (κ1) is 14.5. The summed E-state index contributed by atoms with van der Waals surface area (Å²) in [5.74, 6) is -0.176. The quantitative estimate of drug-likeness (QED) is 0.805. The number of para-hydroxylation sites is 1. The van der Waals surface area contributed by atoms with E-state index >= 15 is 0 Å². The second-order valence-corrected chi connectivity index (χ2v) is 5.03. The van der Waals surface area contributed by atoms with Crippen molar-refractivity contribution in [1.29, 1.82) is 0 Å². The fourth-order valence-corrected chi connectivity index (χ4v) is 2.33. The average molecular weight is 276 g/mol. The number of carbonyl (C=O) groups is 2. The minimum Gasteiger partial charge on any atom is -0.383 e. The molecule has 5 nitrogen and oxygen atoms in total. The van der Waals surface area contributed by atoms with Crippen LogP contribution in [-0.2, 0) is 20.9 Å². The predicted molar refractivity (Wildman–Crippen MR) is 76.2 cm³/mol. The molecule has 1 fully saturated rings. The van der Waals surface area contributed by atoms with E-state index < -0.39 is 0 Å². The summed E-state index contributed by atoms with van der Waals surface area (Å²) < 4.78 is 5.10. The maximum Gasteiger partial charge on any atom is 0.229 e. The van der Waals surface area contributed by atoms with Crippen LogP contribution in [0.5, 0.6) is 0 Å². The normalized spacial score (nSPS) is 16.6. The maximum absolute atomic E-state index is 11.7. The summed E-state index contributed by atoms with van der Waals surface area (Å²) in [5.41, 5.74) is 1.88. The SMILES string of the molecule is COC[C@@H](C)Nc1ccccc1CN1C(=O)CCC1=O. The van der Waals surface area contributed by atoms with E-state index in [1.165, 1.54) is 4.90 Å². The number of nitrogens with one attached hydrogen (secondary N) is 1. The number of rotatable bonds is 6. The molecule has 1 aromatic carbocycles. The van der Waals surface area contributed by atoms with Crippen molar-refractivity contribution in [3.63, 3.8) is 0 Å². The number of nitrogens with zero attached hydrogens (tertiary/aromatic N) is 1. The van der Waals surface area contributed by atoms with Gasteiger partial charge in [-0.2, -0.15) is 0 Å². The Hall–Kier alpha value is -1.88. The summed E-state index contributed by atoms with van der Waals surface area (Å²) in [4.78, 5) is 24.7. The highest BCUT2D eigenvalue weighted by atomic mass is 16.5. The van der Waals surface area contributed by atoms with Gasteiger partial charge in [-0.05, 0) is 18.6 Å². The van der Waals surface area contributed by atoms with E-state index in [1.54, 1.807) is 7.11 Å². The molecule has 0 unspecified atom stereocenters. The molecule has 108 valence electrons. The highest BCUT2D eigenvalue weighted by Gasteiger charge is 2.29. The van der Waals surface area contributed by atoms with E-state index in [2.05, 4.69) is 5.32 Å². The Morgan fingerprint density at radius 2 is 1.90 bits per heavy atom. The molecule has 5 heteroatoms. The Bertz CT molecular complexity index is 486. The number of hydrogen-bond acceptors (Lipinski definition) is 4. The smallest absolute Gasteiger partial charge is 0.229 e. The van der Waals surface area contributed by atoms with Gasteiger partial charge in [0.25, 0.3) is 0 Å². The lowest BCUT2D eigenvalue weighted by molar-refractivity contribution is -0.139. The van der Waals surface area contributed by atoms with Crippen LogP contribution in [0.25, 0.3) is 0 Å². The van der Waals surface area contributed by atoms with Gasteiger partial charge >= 0.3 is 0 Å². The number of amides is 2. The Morgan fingerprint density at radius 3 is 2.55 bits per heavy atom. The molecule has 2 amide bonds. The van der Waals surface area contributed by atoms with Gasteiger partial charge in [-0.1, -0.05) is 18.2 Å². The third kappa shape index (κ3) is 3.36. The largest absolute Gasteiger partial charge is 0.383 e. The molecule has 0 radical (unpaired) electrons. The van der Waals surface area contributed by atoms with E-state index in [-0.39, 0.29) is 17.9 Å². The summed E-state index contributed by atoms with van der Waals surface area (Å²) >= 11 is 0. The van der Waals surface area contributed by atoms with Gasteiger partial charge in [0, 0.05) is 31.7 Å². The first-order valence-corrected chi connectivity index (χ1v) is 6.78. The van der Waals surface area contributed by atoms with Crippen molar-refractivity contribution in [3.05, 3.63) is 29.8 Å². The van der Waals surface area contributed by atoms with Crippen LogP contribution in [0.3, 0.4) is 0 Å². The monoisotopic (exact) mass is 276 g/mol. The zero-order valence-electron chi connectivity index (χ0n) is 11.9. The zero-order valence-corrected chi connectivity index (χ0v) is 11.9. The first-order chi connectivity index (χ1) is 9.61. The summed E-state index contributed by atoms with van der Waals surface area (Å²) in [5, 5.41) is 3.34. The van der Waals surface area contributed by atoms with Crippen molar-refractivity contribution < 1.29 is 14.3 Å². The molecule has 0 bridgehead atoms. The highest BCUT2D eigenvalue weighted by molar-refractivity contribution is 6.01.